The van der Waals surface area contributed by atoms with E-state index in [9.17, 15) is 14.4 Å². The van der Waals surface area contributed by atoms with Crippen molar-refractivity contribution in [1.82, 2.24) is 44.3 Å². The van der Waals surface area contributed by atoms with Gasteiger partial charge in [-0.1, -0.05) is 18.2 Å². The molecule has 3 amide bonds. The van der Waals surface area contributed by atoms with Crippen LogP contribution in [0.1, 0.15) is 105 Å². The maximum absolute atomic E-state index is 15.2. The highest BCUT2D eigenvalue weighted by Gasteiger charge is 2.31. The number of aryl methyl sites for hydroxylation is 1. The van der Waals surface area contributed by atoms with Crippen LogP contribution in [0.25, 0.3) is 33.1 Å². The lowest BCUT2D eigenvalue weighted by Gasteiger charge is -2.39. The first-order valence-electron chi connectivity index (χ1n) is 25.5. The molecule has 5 saturated heterocycles. The average molecular weight is 950 g/mol. The Hall–Kier alpha value is -6.23. The molecule has 2 unspecified atom stereocenters. The lowest BCUT2D eigenvalue weighted by molar-refractivity contribution is -0.133. The van der Waals surface area contributed by atoms with Crippen molar-refractivity contribution >= 4 is 51.2 Å². The number of benzene rings is 2. The number of piperidine rings is 3. The summed E-state index contributed by atoms with van der Waals surface area (Å²) in [5.74, 6) is 0.268. The number of rotatable bonds is 11. The van der Waals surface area contributed by atoms with Crippen molar-refractivity contribution in [2.75, 3.05) is 75.7 Å². The third kappa shape index (κ3) is 9.40. The number of nitrogens with one attached hydrogen (secondary N) is 2. The van der Waals surface area contributed by atoms with Crippen molar-refractivity contribution in [3.05, 3.63) is 102 Å². The molecule has 5 aliphatic rings. The van der Waals surface area contributed by atoms with E-state index in [2.05, 4.69) is 86.4 Å². The van der Waals surface area contributed by atoms with Gasteiger partial charge in [0.2, 0.25) is 11.8 Å². The molecular weight excluding hydrogens is 886 g/mol. The first-order chi connectivity index (χ1) is 34.1. The van der Waals surface area contributed by atoms with Gasteiger partial charge in [-0.3, -0.25) is 29.5 Å². The molecule has 2 aromatic carbocycles. The van der Waals surface area contributed by atoms with Gasteiger partial charge >= 0.3 is 0 Å². The maximum Gasteiger partial charge on any atom is 0.253 e. The molecule has 4 aromatic heterocycles. The molecule has 3 atom stereocenters. The van der Waals surface area contributed by atoms with Crippen LogP contribution in [0, 0.1) is 11.7 Å². The molecule has 0 radical (unpaired) electrons. The summed E-state index contributed by atoms with van der Waals surface area (Å²) >= 11 is 0. The van der Waals surface area contributed by atoms with Crippen LogP contribution >= 0.6 is 0 Å². The number of anilines is 2. The number of likely N-dealkylation sites (tertiary alicyclic amines) is 2. The maximum atomic E-state index is 15.2. The van der Waals surface area contributed by atoms with Gasteiger partial charge in [-0.15, -0.1) is 0 Å². The number of piperazine rings is 1. The van der Waals surface area contributed by atoms with Crippen LogP contribution in [0.3, 0.4) is 0 Å². The number of pyridine rings is 2. The summed E-state index contributed by atoms with van der Waals surface area (Å²) in [6.07, 6.45) is 13.4. The Morgan fingerprint density at radius 1 is 0.871 bits per heavy atom. The largest absolute Gasteiger partial charge is 0.372 e. The van der Waals surface area contributed by atoms with Gasteiger partial charge in [0.1, 0.15) is 11.7 Å². The van der Waals surface area contributed by atoms with E-state index < -0.39 is 17.8 Å². The second-order valence-corrected chi connectivity index (χ2v) is 20.2. The fourth-order valence-electron chi connectivity index (χ4n) is 11.7. The number of hydrogen-bond donors (Lipinski definition) is 2. The number of aromatic nitrogens is 5. The Morgan fingerprint density at radius 2 is 1.67 bits per heavy atom. The van der Waals surface area contributed by atoms with E-state index in [1.54, 1.807) is 6.20 Å². The van der Waals surface area contributed by atoms with Gasteiger partial charge in [0, 0.05) is 106 Å². The summed E-state index contributed by atoms with van der Waals surface area (Å²) in [6, 6.07) is 20.6. The van der Waals surface area contributed by atoms with E-state index in [1.165, 1.54) is 22.9 Å². The topological polar surface area (TPSA) is 146 Å². The molecule has 5 fully saturated rings. The molecule has 2 N–H and O–H groups in total. The average Bonchev–Trinajstić information content (AvgIpc) is 3.98. The summed E-state index contributed by atoms with van der Waals surface area (Å²) in [6.45, 7) is 10.6. The highest BCUT2D eigenvalue weighted by Crippen LogP contribution is 2.38. The third-order valence-corrected chi connectivity index (χ3v) is 15.9. The predicted molar refractivity (Wildman–Crippen MR) is 268 cm³/mol. The van der Waals surface area contributed by atoms with Crippen LogP contribution < -0.4 is 15.5 Å². The van der Waals surface area contributed by atoms with E-state index in [4.69, 9.17) is 14.8 Å². The quantitative estimate of drug-likeness (QED) is 0.124. The van der Waals surface area contributed by atoms with Gasteiger partial charge in [-0.25, -0.2) is 19.0 Å². The predicted octanol–water partition coefficient (Wildman–Crippen LogP) is 7.66. The Kier molecular flexibility index (Phi) is 13.1. The summed E-state index contributed by atoms with van der Waals surface area (Å²) in [4.78, 5) is 55.6. The molecule has 0 saturated carbocycles. The van der Waals surface area contributed by atoms with Crippen LogP contribution in [0.5, 0.6) is 0 Å². The number of imide groups is 1. The Morgan fingerprint density at radius 3 is 2.41 bits per heavy atom. The molecule has 11 rings (SSSR count). The highest BCUT2D eigenvalue weighted by molar-refractivity contribution is 6.01. The molecule has 0 bridgehead atoms. The number of nitrogens with zero attached hydrogens (tertiary/aromatic N) is 9. The molecule has 9 heterocycles. The van der Waals surface area contributed by atoms with Gasteiger partial charge in [-0.05, 0) is 136 Å². The normalized spacial score (nSPS) is 21.9. The number of halogens is 1. The second-order valence-electron chi connectivity index (χ2n) is 20.2. The van der Waals surface area contributed by atoms with Crippen molar-refractivity contribution in [2.24, 2.45) is 13.0 Å². The van der Waals surface area contributed by atoms with Gasteiger partial charge < -0.3 is 24.4 Å². The van der Waals surface area contributed by atoms with Crippen LogP contribution in [-0.2, 0) is 21.4 Å². The fraction of sp³-hybridized carbons (Fsp3) is 0.481. The van der Waals surface area contributed by atoms with Crippen LogP contribution in [0.4, 0.5) is 15.9 Å². The third-order valence-electron chi connectivity index (χ3n) is 15.9. The zero-order chi connectivity index (χ0) is 47.9. The molecule has 6 aromatic rings. The lowest BCUT2D eigenvalue weighted by Crippen LogP contribution is -2.49. The minimum Gasteiger partial charge on any atom is -0.372 e. The minimum atomic E-state index is -0.591. The molecule has 366 valence electrons. The number of hydrogen-bond acceptors (Lipinski definition) is 11. The van der Waals surface area contributed by atoms with Crippen molar-refractivity contribution in [2.45, 2.75) is 88.9 Å². The fourth-order valence-corrected chi connectivity index (χ4v) is 11.7. The minimum absolute atomic E-state index is 0.00736. The SMILES string of the molecule is C[C@@H](c1cc2c(-c3ccc4c(cnn4C4CCCCO4)c3)ccnc2n1C)N1CCC(c2ccc(C(=O)N3CCC(CN4CCN(c5ncc(NC6CCC(=O)NC6=O)cc5F)CC4)CC3)cc2)CC1. The number of carbonyl (C=O) groups is 3. The first kappa shape index (κ1) is 46.2. The summed E-state index contributed by atoms with van der Waals surface area (Å²) in [5.41, 5.74) is 8.20. The lowest BCUT2D eigenvalue weighted by atomic mass is 9.88. The molecule has 16 heteroatoms. The van der Waals surface area contributed by atoms with Crippen molar-refractivity contribution in [3.8, 4) is 11.1 Å². The second kappa shape index (κ2) is 19.9. The smallest absolute Gasteiger partial charge is 0.253 e. The zero-order valence-electron chi connectivity index (χ0n) is 40.4. The Labute approximate surface area is 408 Å². The highest BCUT2D eigenvalue weighted by atomic mass is 19.1. The molecule has 15 nitrogen and oxygen atoms in total. The van der Waals surface area contributed by atoms with Crippen LogP contribution in [0.15, 0.2) is 79.3 Å². The molecular formula is C54H64FN11O4. The van der Waals surface area contributed by atoms with Gasteiger partial charge in [0.05, 0.1) is 23.6 Å². The van der Waals surface area contributed by atoms with Crippen LogP contribution in [-0.4, -0.2) is 128 Å². The Bertz CT molecular complexity index is 2870. The van der Waals surface area contributed by atoms with E-state index >= 15 is 4.39 Å². The van der Waals surface area contributed by atoms with Crippen molar-refractivity contribution in [1.29, 1.82) is 0 Å². The Balaban J connectivity index is 0.638. The number of carbonyl (C=O) groups excluding carboxylic acids is 3. The van der Waals surface area contributed by atoms with Crippen molar-refractivity contribution in [3.63, 3.8) is 0 Å². The van der Waals surface area contributed by atoms with Crippen LogP contribution in [0.2, 0.25) is 0 Å². The number of amides is 3. The zero-order valence-corrected chi connectivity index (χ0v) is 40.4. The van der Waals surface area contributed by atoms with Gasteiger partial charge in [0.15, 0.2) is 17.9 Å². The van der Waals surface area contributed by atoms with Gasteiger partial charge in [0.25, 0.3) is 5.91 Å². The molecule has 70 heavy (non-hydrogen) atoms. The van der Waals surface area contributed by atoms with E-state index in [1.807, 2.05) is 39.0 Å². The monoisotopic (exact) mass is 950 g/mol. The summed E-state index contributed by atoms with van der Waals surface area (Å²) in [5, 5.41) is 12.3. The number of fused-ring (bicyclic) bond motifs is 2. The molecule has 5 aliphatic heterocycles. The summed E-state index contributed by atoms with van der Waals surface area (Å²) < 4.78 is 25.6. The van der Waals surface area contributed by atoms with E-state index in [0.29, 0.717) is 42.9 Å². The van der Waals surface area contributed by atoms with E-state index in [0.717, 1.165) is 130 Å². The van der Waals surface area contributed by atoms with Gasteiger partial charge in [-0.2, -0.15) is 5.10 Å². The standard InChI is InChI=1S/C54H64FN11O4/c1-35(48-31-44-43(14-19-56-51(44)61(48)2)40-10-12-47-41(29-40)32-58-66(47)50-5-3-4-28-70-50)63-22-17-38(18-23-63)37-6-8-39(9-7-37)54(69)65-20-15-36(16-21-65)34-62-24-26-64(27-25-62)52-45(55)30-42(33-57-52)59-46-11-13-49(67)60-53(46)68/h6-10,12,14,19,29-33,35-36,38,46,50,59H,3-5,11,13,15-18,20-28,34H2,1-2H3,(H,60,67,68)/t35-,46?,50?/m0/s1. The first-order valence-corrected chi connectivity index (χ1v) is 25.5. The molecule has 0 aliphatic carbocycles. The molecule has 0 spiro atoms. The summed E-state index contributed by atoms with van der Waals surface area (Å²) in [7, 11) is 2.14. The number of ether oxygens (including phenoxy) is 1. The van der Waals surface area contributed by atoms with E-state index in [-0.39, 0.29) is 30.5 Å². The van der Waals surface area contributed by atoms with Crippen molar-refractivity contribution < 1.29 is 23.5 Å².